The number of rotatable bonds is 0. The van der Waals surface area contributed by atoms with Crippen LogP contribution in [0.4, 0.5) is 0 Å². The van der Waals surface area contributed by atoms with Gasteiger partial charge in [-0.2, -0.15) is 55.6 Å². The molecular weight excluding hydrogens is 336 g/mol. The summed E-state index contributed by atoms with van der Waals surface area (Å²) in [7, 11) is 0. The molecule has 0 saturated heterocycles. The van der Waals surface area contributed by atoms with E-state index in [-0.39, 0.29) is 21.7 Å². The summed E-state index contributed by atoms with van der Waals surface area (Å²) in [5.41, 5.74) is 14.7. The SMILES string of the molecule is CCl.Cc1c(C)c(C)[c-](C)c1C.Cc1c(C)c(C)[c-](C)c1C.[Ti+2]. The first-order chi connectivity index (χ1) is 10.1. The molecular formula is C21H33ClTi. The van der Waals surface area contributed by atoms with Gasteiger partial charge in [-0.05, 0) is 0 Å². The molecule has 0 saturated carbocycles. The minimum absolute atomic E-state index is 0. The molecule has 128 valence electrons. The number of hydrogen-bond donors (Lipinski definition) is 0. The van der Waals surface area contributed by atoms with Gasteiger partial charge in [0.15, 0.2) is 0 Å². The maximum atomic E-state index is 4.64. The number of halogens is 1. The van der Waals surface area contributed by atoms with Crippen molar-refractivity contribution in [3.8, 4) is 0 Å². The van der Waals surface area contributed by atoms with Crippen LogP contribution in [0.3, 0.4) is 0 Å². The van der Waals surface area contributed by atoms with Gasteiger partial charge in [0.05, 0.1) is 0 Å². The van der Waals surface area contributed by atoms with Crippen molar-refractivity contribution >= 4 is 11.6 Å². The monoisotopic (exact) mass is 368 g/mol. The van der Waals surface area contributed by atoms with Crippen molar-refractivity contribution in [1.29, 1.82) is 0 Å². The van der Waals surface area contributed by atoms with E-state index in [0.29, 0.717) is 0 Å². The Balaban J connectivity index is 0. The summed E-state index contributed by atoms with van der Waals surface area (Å²) in [4.78, 5) is 0. The van der Waals surface area contributed by atoms with Crippen molar-refractivity contribution in [2.24, 2.45) is 0 Å². The van der Waals surface area contributed by atoms with Crippen molar-refractivity contribution in [3.63, 3.8) is 0 Å². The minimum Gasteiger partial charge on any atom is -0.196 e. The van der Waals surface area contributed by atoms with Crippen molar-refractivity contribution in [1.82, 2.24) is 0 Å². The first-order valence-corrected chi connectivity index (χ1v) is 8.63. The molecule has 2 heteroatoms. The molecule has 0 N–H and O–H groups in total. The normalized spacial score (nSPS) is 9.39. The van der Waals surface area contributed by atoms with E-state index in [9.17, 15) is 0 Å². The Morgan fingerprint density at radius 2 is 0.609 bits per heavy atom. The van der Waals surface area contributed by atoms with E-state index in [0.717, 1.165) is 0 Å². The van der Waals surface area contributed by atoms with Gasteiger partial charge in [-0.1, -0.05) is 69.2 Å². The van der Waals surface area contributed by atoms with Gasteiger partial charge >= 0.3 is 21.7 Å². The predicted molar refractivity (Wildman–Crippen MR) is 103 cm³/mol. The summed E-state index contributed by atoms with van der Waals surface area (Å²) in [6.07, 6.45) is 1.47. The van der Waals surface area contributed by atoms with Gasteiger partial charge in [0.1, 0.15) is 0 Å². The van der Waals surface area contributed by atoms with Crippen LogP contribution in [0.5, 0.6) is 0 Å². The Bertz CT molecular complexity index is 410. The largest absolute Gasteiger partial charge is 2.00 e. The summed E-state index contributed by atoms with van der Waals surface area (Å²) < 4.78 is 0. The van der Waals surface area contributed by atoms with E-state index in [1.165, 1.54) is 62.0 Å². The third kappa shape index (κ3) is 5.35. The van der Waals surface area contributed by atoms with Crippen LogP contribution in [-0.2, 0) is 21.7 Å². The van der Waals surface area contributed by atoms with Gasteiger partial charge in [0.25, 0.3) is 0 Å². The summed E-state index contributed by atoms with van der Waals surface area (Å²) in [6.45, 7) is 22.0. The van der Waals surface area contributed by atoms with Crippen molar-refractivity contribution in [2.45, 2.75) is 69.2 Å². The molecule has 0 fully saturated rings. The molecule has 2 aromatic rings. The second-order valence-corrected chi connectivity index (χ2v) is 6.25. The van der Waals surface area contributed by atoms with Crippen LogP contribution >= 0.6 is 11.6 Å². The average Bonchev–Trinajstić information content (AvgIpc) is 2.81. The Hall–Kier alpha value is -0.296. The molecule has 2 aromatic carbocycles. The molecule has 0 atom stereocenters. The van der Waals surface area contributed by atoms with Crippen molar-refractivity contribution in [3.05, 3.63) is 55.6 Å². The van der Waals surface area contributed by atoms with Crippen LogP contribution in [0, 0.1) is 69.2 Å². The second-order valence-electron chi connectivity index (χ2n) is 6.25. The van der Waals surface area contributed by atoms with Crippen LogP contribution in [0.15, 0.2) is 0 Å². The van der Waals surface area contributed by atoms with Gasteiger partial charge in [0.2, 0.25) is 0 Å². The van der Waals surface area contributed by atoms with Crippen LogP contribution in [0.25, 0.3) is 0 Å². The van der Waals surface area contributed by atoms with E-state index in [1.54, 1.807) is 0 Å². The standard InChI is InChI=1S/2C10H15.CH3Cl.Ti/c2*1-6-7(2)9(4)10(5)8(6)3;1-2;/h2*1-5H3;1H3;/q2*-1;;+2. The quantitative estimate of drug-likeness (QED) is 0.274. The fourth-order valence-corrected chi connectivity index (χ4v) is 2.81. The maximum absolute atomic E-state index is 4.64. The van der Waals surface area contributed by atoms with Gasteiger partial charge in [0, 0.05) is 6.38 Å². The van der Waals surface area contributed by atoms with E-state index in [4.69, 9.17) is 0 Å². The van der Waals surface area contributed by atoms with Crippen molar-refractivity contribution in [2.75, 3.05) is 6.38 Å². The van der Waals surface area contributed by atoms with Gasteiger partial charge in [-0.25, -0.2) is 0 Å². The molecule has 0 aliphatic rings. The van der Waals surface area contributed by atoms with E-state index in [2.05, 4.69) is 80.8 Å². The maximum Gasteiger partial charge on any atom is 2.00 e. The molecule has 0 amide bonds. The first-order valence-electron chi connectivity index (χ1n) is 7.88. The molecule has 23 heavy (non-hydrogen) atoms. The molecule has 0 heterocycles. The van der Waals surface area contributed by atoms with Gasteiger partial charge in [-0.3, -0.25) is 0 Å². The van der Waals surface area contributed by atoms with Crippen molar-refractivity contribution < 1.29 is 21.7 Å². The second kappa shape index (κ2) is 10.5. The molecule has 0 nitrogen and oxygen atoms in total. The molecule has 0 aliphatic heterocycles. The van der Waals surface area contributed by atoms with Crippen LogP contribution in [0.2, 0.25) is 0 Å². The summed E-state index contributed by atoms with van der Waals surface area (Å²) >= 11 is 4.64. The summed E-state index contributed by atoms with van der Waals surface area (Å²) in [6, 6.07) is 0. The van der Waals surface area contributed by atoms with Gasteiger partial charge < -0.3 is 0 Å². The fourth-order valence-electron chi connectivity index (χ4n) is 2.81. The van der Waals surface area contributed by atoms with Crippen LogP contribution in [0.1, 0.15) is 55.6 Å². The zero-order valence-electron chi connectivity index (χ0n) is 16.9. The average molecular weight is 369 g/mol. The Labute approximate surface area is 164 Å². The van der Waals surface area contributed by atoms with Crippen LogP contribution in [-0.4, -0.2) is 6.38 Å². The Kier molecular flexibility index (Phi) is 11.4. The van der Waals surface area contributed by atoms with Gasteiger partial charge in [-0.15, -0.1) is 11.6 Å². The van der Waals surface area contributed by atoms with E-state index >= 15 is 0 Å². The predicted octanol–water partition coefficient (Wildman–Crippen LogP) is 6.75. The smallest absolute Gasteiger partial charge is 0.196 e. The Morgan fingerprint density at radius 3 is 0.652 bits per heavy atom. The summed E-state index contributed by atoms with van der Waals surface area (Å²) in [5, 5.41) is 0. The van der Waals surface area contributed by atoms with Crippen LogP contribution < -0.4 is 0 Å². The summed E-state index contributed by atoms with van der Waals surface area (Å²) in [5.74, 6) is 0. The van der Waals surface area contributed by atoms with E-state index < -0.39 is 0 Å². The zero-order chi connectivity index (χ0) is 17.8. The third-order valence-electron chi connectivity index (χ3n) is 5.62. The number of alkyl halides is 1. The molecule has 0 bridgehead atoms. The molecule has 0 aromatic heterocycles. The molecule has 0 radical (unpaired) electrons. The Morgan fingerprint density at radius 1 is 0.478 bits per heavy atom. The molecule has 2 rings (SSSR count). The molecule has 0 unspecified atom stereocenters. The molecule has 0 spiro atoms. The van der Waals surface area contributed by atoms with E-state index in [1.807, 2.05) is 0 Å². The molecule has 0 aliphatic carbocycles. The minimum atomic E-state index is 0. The zero-order valence-corrected chi connectivity index (χ0v) is 19.2. The fraction of sp³-hybridized carbons (Fsp3) is 0.524. The third-order valence-corrected chi connectivity index (χ3v) is 5.62. The topological polar surface area (TPSA) is 0 Å². The number of hydrogen-bond acceptors (Lipinski definition) is 0. The first kappa shape index (κ1) is 25.0.